The van der Waals surface area contributed by atoms with Gasteiger partial charge in [0.15, 0.2) is 11.6 Å². The van der Waals surface area contributed by atoms with E-state index in [1.165, 1.54) is 0 Å². The maximum Gasteiger partial charge on any atom is 1.00 e. The molecule has 0 radical (unpaired) electrons. The van der Waals surface area contributed by atoms with E-state index in [0.29, 0.717) is 6.07 Å². The predicted molar refractivity (Wildman–Crippen MR) is 32.4 cm³/mol. The summed E-state index contributed by atoms with van der Waals surface area (Å²) >= 11 is 0. The van der Waals surface area contributed by atoms with E-state index >= 15 is 0 Å². The van der Waals surface area contributed by atoms with Crippen LogP contribution in [0, 0.1) is 11.6 Å². The predicted octanol–water partition coefficient (Wildman–Crippen LogP) is -2.96. The first-order chi connectivity index (χ1) is 5.54. The summed E-state index contributed by atoms with van der Waals surface area (Å²) in [7, 11) is 0. The minimum atomic E-state index is -1.76. The number of carbonyl (C=O) groups is 1. The maximum absolute atomic E-state index is 12.4. The molecule has 1 N–H and O–H groups in total. The number of carboxylic acids is 1. The van der Waals surface area contributed by atoms with E-state index in [0.717, 1.165) is 6.07 Å². The Morgan fingerprint density at radius 1 is 1.38 bits per heavy atom. The van der Waals surface area contributed by atoms with E-state index < -0.39 is 28.9 Å². The molecule has 3 nitrogen and oxygen atoms in total. The number of phenols is 1. The van der Waals surface area contributed by atoms with Gasteiger partial charge in [0.2, 0.25) is 5.82 Å². The molecule has 0 aromatic heterocycles. The molecular weight excluding hydrogens is 193 g/mol. The number of benzene rings is 1. The van der Waals surface area contributed by atoms with Crippen LogP contribution in [-0.4, -0.2) is 11.1 Å². The maximum atomic E-state index is 12.4. The molecule has 64 valence electrons. The fourth-order valence-corrected chi connectivity index (χ4v) is 0.705. The Kier molecular flexibility index (Phi) is 4.32. The Labute approximate surface area is 94.3 Å². The Bertz CT molecular complexity index is 341. The topological polar surface area (TPSA) is 60.4 Å². The molecule has 1 aromatic carbocycles. The molecule has 0 saturated heterocycles. The third kappa shape index (κ3) is 2.40. The Morgan fingerprint density at radius 3 is 2.38 bits per heavy atom. The second-order valence-electron chi connectivity index (χ2n) is 2.04. The first-order valence-electron chi connectivity index (χ1n) is 2.92. The van der Waals surface area contributed by atoms with Crippen LogP contribution in [-0.2, 0) is 0 Å². The van der Waals surface area contributed by atoms with E-state index in [4.69, 9.17) is 5.11 Å². The number of hydrogen-bond donors (Lipinski definition) is 1. The normalized spacial score (nSPS) is 9.08. The SMILES string of the molecule is O=C([O-])c1ccc(F)c(F)c1O.[Na+]. The van der Waals surface area contributed by atoms with Crippen molar-refractivity contribution in [3.8, 4) is 5.75 Å². The van der Waals surface area contributed by atoms with Crippen molar-refractivity contribution >= 4 is 5.97 Å². The van der Waals surface area contributed by atoms with Gasteiger partial charge in [0.05, 0.1) is 5.97 Å². The summed E-state index contributed by atoms with van der Waals surface area (Å²) in [6.45, 7) is 0. The fourth-order valence-electron chi connectivity index (χ4n) is 0.705. The zero-order valence-electron chi connectivity index (χ0n) is 6.67. The molecule has 1 aromatic rings. The molecule has 0 heterocycles. The molecule has 0 spiro atoms. The van der Waals surface area contributed by atoms with Crippen LogP contribution >= 0.6 is 0 Å². The van der Waals surface area contributed by atoms with E-state index in [1.807, 2.05) is 0 Å². The first kappa shape index (κ1) is 12.3. The molecule has 0 amide bonds. The van der Waals surface area contributed by atoms with Crippen molar-refractivity contribution in [2.45, 2.75) is 0 Å². The van der Waals surface area contributed by atoms with Crippen LogP contribution in [0.25, 0.3) is 0 Å². The number of hydrogen-bond acceptors (Lipinski definition) is 3. The quantitative estimate of drug-likeness (QED) is 0.488. The number of aromatic carboxylic acids is 1. The summed E-state index contributed by atoms with van der Waals surface area (Å²) in [5.74, 6) is -5.89. The monoisotopic (exact) mass is 196 g/mol. The molecule has 0 unspecified atom stereocenters. The van der Waals surface area contributed by atoms with Crippen LogP contribution in [0.3, 0.4) is 0 Å². The van der Waals surface area contributed by atoms with Crippen molar-refractivity contribution in [3.05, 3.63) is 29.3 Å². The van der Waals surface area contributed by atoms with Gasteiger partial charge in [0.1, 0.15) is 0 Å². The third-order valence-corrected chi connectivity index (χ3v) is 1.29. The van der Waals surface area contributed by atoms with Gasteiger partial charge in [-0.3, -0.25) is 0 Å². The van der Waals surface area contributed by atoms with E-state index in [-0.39, 0.29) is 29.6 Å². The summed E-state index contributed by atoms with van der Waals surface area (Å²) in [4.78, 5) is 10.1. The van der Waals surface area contributed by atoms with Crippen LogP contribution < -0.4 is 34.7 Å². The van der Waals surface area contributed by atoms with Gasteiger partial charge in [-0.2, -0.15) is 4.39 Å². The van der Waals surface area contributed by atoms with E-state index in [2.05, 4.69) is 0 Å². The van der Waals surface area contributed by atoms with E-state index in [1.54, 1.807) is 0 Å². The van der Waals surface area contributed by atoms with Crippen LogP contribution in [0.5, 0.6) is 5.75 Å². The fraction of sp³-hybridized carbons (Fsp3) is 0. The Morgan fingerprint density at radius 2 is 1.92 bits per heavy atom. The Balaban J connectivity index is 0.00000144. The van der Waals surface area contributed by atoms with Crippen molar-refractivity contribution in [2.24, 2.45) is 0 Å². The Hall–Kier alpha value is -0.650. The largest absolute Gasteiger partial charge is 1.00 e. The minimum absolute atomic E-state index is 0. The van der Waals surface area contributed by atoms with Gasteiger partial charge in [-0.1, -0.05) is 0 Å². The van der Waals surface area contributed by atoms with Crippen LogP contribution in [0.1, 0.15) is 10.4 Å². The molecular formula is C7H3F2NaO3. The molecule has 13 heavy (non-hydrogen) atoms. The van der Waals surface area contributed by atoms with E-state index in [9.17, 15) is 18.7 Å². The zero-order valence-corrected chi connectivity index (χ0v) is 8.67. The van der Waals surface area contributed by atoms with Gasteiger partial charge < -0.3 is 15.0 Å². The van der Waals surface area contributed by atoms with Gasteiger partial charge in [-0.05, 0) is 12.1 Å². The number of carbonyl (C=O) groups excluding carboxylic acids is 1. The summed E-state index contributed by atoms with van der Waals surface area (Å²) in [5, 5.41) is 18.8. The summed E-state index contributed by atoms with van der Waals surface area (Å²) in [5.41, 5.74) is -0.770. The van der Waals surface area contributed by atoms with Gasteiger partial charge >= 0.3 is 29.6 Å². The van der Waals surface area contributed by atoms with Gasteiger partial charge in [0.25, 0.3) is 0 Å². The second-order valence-corrected chi connectivity index (χ2v) is 2.04. The van der Waals surface area contributed by atoms with Gasteiger partial charge in [-0.15, -0.1) is 0 Å². The standard InChI is InChI=1S/C7H4F2O3.Na/c8-4-2-1-3(7(11)12)6(10)5(4)9;/h1-2,10H,(H,11,12);/q;+1/p-1. The van der Waals surface area contributed by atoms with Gasteiger partial charge in [0, 0.05) is 5.56 Å². The average molecular weight is 196 g/mol. The van der Waals surface area contributed by atoms with Crippen LogP contribution in [0.15, 0.2) is 12.1 Å². The number of aromatic hydroxyl groups is 1. The van der Waals surface area contributed by atoms with Crippen LogP contribution in [0.4, 0.5) is 8.78 Å². The smallest absolute Gasteiger partial charge is 0.545 e. The number of rotatable bonds is 1. The molecule has 1 rings (SSSR count). The summed E-state index contributed by atoms with van der Waals surface area (Å²) in [6, 6.07) is 1.32. The first-order valence-corrected chi connectivity index (χ1v) is 2.92. The average Bonchev–Trinajstić information content (AvgIpc) is 2.00. The van der Waals surface area contributed by atoms with Crippen molar-refractivity contribution in [1.82, 2.24) is 0 Å². The molecule has 0 saturated carbocycles. The van der Waals surface area contributed by atoms with Crippen molar-refractivity contribution in [3.63, 3.8) is 0 Å². The van der Waals surface area contributed by atoms with Gasteiger partial charge in [-0.25, -0.2) is 4.39 Å². The second kappa shape index (κ2) is 4.55. The third-order valence-electron chi connectivity index (χ3n) is 1.29. The number of halogens is 2. The molecule has 6 heteroatoms. The molecule has 0 aliphatic carbocycles. The molecule has 0 aliphatic rings. The number of carboxylic acid groups (broad SMARTS) is 1. The molecule has 0 fully saturated rings. The van der Waals surface area contributed by atoms with Crippen LogP contribution in [0.2, 0.25) is 0 Å². The van der Waals surface area contributed by atoms with Crippen molar-refractivity contribution in [1.29, 1.82) is 0 Å². The summed E-state index contributed by atoms with van der Waals surface area (Å²) in [6.07, 6.45) is 0. The molecule has 0 aliphatic heterocycles. The molecule has 0 atom stereocenters. The molecule has 0 bridgehead atoms. The van der Waals surface area contributed by atoms with Crippen molar-refractivity contribution in [2.75, 3.05) is 0 Å². The minimum Gasteiger partial charge on any atom is -0.545 e. The van der Waals surface area contributed by atoms with Crippen molar-refractivity contribution < 1.29 is 53.3 Å². The zero-order chi connectivity index (χ0) is 9.30. The summed E-state index contributed by atoms with van der Waals surface area (Å²) < 4.78 is 24.7.